The lowest BCUT2D eigenvalue weighted by Gasteiger charge is -2.20. The minimum atomic E-state index is -0.452. The van der Waals surface area contributed by atoms with Gasteiger partial charge in [-0.3, -0.25) is 4.79 Å². The van der Waals surface area contributed by atoms with E-state index in [0.29, 0.717) is 30.2 Å². The number of nitrogens with one attached hydrogen (secondary N) is 1. The normalized spacial score (nSPS) is 10.3. The minimum absolute atomic E-state index is 0.189. The highest BCUT2D eigenvalue weighted by atomic mass is 16.5. The number of para-hydroxylation sites is 1. The van der Waals surface area contributed by atoms with Gasteiger partial charge in [0.25, 0.3) is 5.91 Å². The molecule has 3 aromatic rings. The summed E-state index contributed by atoms with van der Waals surface area (Å²) in [5, 5.41) is 11.2. The fourth-order valence-corrected chi connectivity index (χ4v) is 2.82. The third kappa shape index (κ3) is 4.95. The summed E-state index contributed by atoms with van der Waals surface area (Å²) in [4.78, 5) is 26.4. The van der Waals surface area contributed by atoms with Crippen molar-refractivity contribution in [3.05, 3.63) is 83.6 Å². The maximum atomic E-state index is 12.8. The van der Waals surface area contributed by atoms with E-state index in [2.05, 4.69) is 15.5 Å². The highest BCUT2D eigenvalue weighted by molar-refractivity contribution is 5.96. The minimum Gasteiger partial charge on any atom is -0.465 e. The van der Waals surface area contributed by atoms with Gasteiger partial charge in [0.15, 0.2) is 11.5 Å². The van der Waals surface area contributed by atoms with E-state index < -0.39 is 5.97 Å². The number of ether oxygens (including phenoxy) is 1. The molecular formula is C22H22N4O3. The molecule has 0 aliphatic rings. The van der Waals surface area contributed by atoms with Crippen molar-refractivity contribution >= 4 is 23.4 Å². The van der Waals surface area contributed by atoms with E-state index >= 15 is 0 Å². The van der Waals surface area contributed by atoms with Crippen molar-refractivity contribution in [2.24, 2.45) is 0 Å². The summed E-state index contributed by atoms with van der Waals surface area (Å²) in [7, 11) is 1.33. The molecule has 0 fully saturated rings. The summed E-state index contributed by atoms with van der Waals surface area (Å²) in [5.41, 5.74) is 2.24. The van der Waals surface area contributed by atoms with E-state index in [-0.39, 0.29) is 11.6 Å². The Morgan fingerprint density at radius 1 is 0.966 bits per heavy atom. The van der Waals surface area contributed by atoms with Gasteiger partial charge in [0.1, 0.15) is 0 Å². The quantitative estimate of drug-likeness (QED) is 0.620. The molecule has 0 saturated carbocycles. The Bertz CT molecular complexity index is 975. The number of aromatic nitrogens is 2. The number of methoxy groups -OCH3 is 1. The van der Waals surface area contributed by atoms with Gasteiger partial charge in [-0.15, -0.1) is 10.2 Å². The number of esters is 1. The first kappa shape index (κ1) is 20.0. The Balaban J connectivity index is 1.73. The average molecular weight is 390 g/mol. The van der Waals surface area contributed by atoms with Crippen LogP contribution in [0.4, 0.5) is 11.5 Å². The van der Waals surface area contributed by atoms with Gasteiger partial charge in [-0.1, -0.05) is 42.5 Å². The molecule has 0 aliphatic carbocycles. The van der Waals surface area contributed by atoms with Gasteiger partial charge < -0.3 is 15.0 Å². The number of nitrogens with zero attached hydrogens (tertiary/aromatic N) is 3. The van der Waals surface area contributed by atoms with Gasteiger partial charge in [-0.2, -0.15) is 0 Å². The van der Waals surface area contributed by atoms with E-state index in [1.165, 1.54) is 7.11 Å². The lowest BCUT2D eigenvalue weighted by molar-refractivity contribution is 0.0601. The number of carbonyl (C=O) groups excluding carboxylic acids is 2. The molecule has 29 heavy (non-hydrogen) atoms. The zero-order chi connectivity index (χ0) is 20.6. The Morgan fingerprint density at radius 2 is 1.69 bits per heavy atom. The summed E-state index contributed by atoms with van der Waals surface area (Å²) in [5.74, 6) is -0.221. The molecule has 1 heterocycles. The smallest absolute Gasteiger partial charge is 0.339 e. The topological polar surface area (TPSA) is 84.4 Å². The van der Waals surface area contributed by atoms with Crippen LogP contribution in [0.15, 0.2) is 66.7 Å². The van der Waals surface area contributed by atoms with Gasteiger partial charge >= 0.3 is 5.97 Å². The monoisotopic (exact) mass is 390 g/mol. The Labute approximate surface area is 169 Å². The highest BCUT2D eigenvalue weighted by Crippen LogP contribution is 2.20. The molecule has 1 aromatic heterocycles. The van der Waals surface area contributed by atoms with Crippen molar-refractivity contribution in [2.45, 2.75) is 13.5 Å². The van der Waals surface area contributed by atoms with E-state index in [0.717, 1.165) is 5.56 Å². The largest absolute Gasteiger partial charge is 0.465 e. The number of carbonyl (C=O) groups is 2. The van der Waals surface area contributed by atoms with Crippen molar-refractivity contribution < 1.29 is 14.3 Å². The number of benzene rings is 2. The summed E-state index contributed by atoms with van der Waals surface area (Å²) < 4.78 is 4.79. The highest BCUT2D eigenvalue weighted by Gasteiger charge is 2.17. The zero-order valence-electron chi connectivity index (χ0n) is 16.3. The standard InChI is InChI=1S/C22H22N4O3/c1-3-26(15-16-9-5-4-6-10-16)21(27)19-13-14-20(25-24-19)23-18-12-8-7-11-17(18)22(28)29-2/h4-14H,3,15H2,1-2H3,(H,23,25). The molecule has 0 aliphatic heterocycles. The molecule has 2 aromatic carbocycles. The second-order valence-electron chi connectivity index (χ2n) is 6.27. The summed E-state index contributed by atoms with van der Waals surface area (Å²) in [6, 6.07) is 20.0. The van der Waals surface area contributed by atoms with Crippen LogP contribution in [-0.4, -0.2) is 40.6 Å². The number of hydrogen-bond acceptors (Lipinski definition) is 6. The fraction of sp³-hybridized carbons (Fsp3) is 0.182. The van der Waals surface area contributed by atoms with Gasteiger partial charge in [0.2, 0.25) is 0 Å². The molecule has 0 radical (unpaired) electrons. The van der Waals surface area contributed by atoms with Gasteiger partial charge in [-0.05, 0) is 36.8 Å². The van der Waals surface area contributed by atoms with Crippen LogP contribution in [0.1, 0.15) is 33.3 Å². The average Bonchev–Trinajstić information content (AvgIpc) is 2.78. The SMILES string of the molecule is CCN(Cc1ccccc1)C(=O)c1ccc(Nc2ccccc2C(=O)OC)nn1. The fourth-order valence-electron chi connectivity index (χ4n) is 2.82. The van der Waals surface area contributed by atoms with Gasteiger partial charge in [0.05, 0.1) is 18.4 Å². The van der Waals surface area contributed by atoms with Crippen molar-refractivity contribution in [1.82, 2.24) is 15.1 Å². The maximum absolute atomic E-state index is 12.8. The molecule has 1 N–H and O–H groups in total. The third-order valence-electron chi connectivity index (χ3n) is 4.36. The second kappa shape index (κ2) is 9.45. The molecule has 0 bridgehead atoms. The maximum Gasteiger partial charge on any atom is 0.339 e. The molecular weight excluding hydrogens is 368 g/mol. The van der Waals surface area contributed by atoms with Crippen LogP contribution < -0.4 is 5.32 Å². The molecule has 3 rings (SSSR count). The van der Waals surface area contributed by atoms with Gasteiger partial charge in [0, 0.05) is 13.1 Å². The molecule has 0 unspecified atom stereocenters. The van der Waals surface area contributed by atoms with Crippen LogP contribution >= 0.6 is 0 Å². The first-order valence-electron chi connectivity index (χ1n) is 9.23. The second-order valence-corrected chi connectivity index (χ2v) is 6.27. The Hall–Kier alpha value is -3.74. The van der Waals surface area contributed by atoms with Crippen molar-refractivity contribution in [3.63, 3.8) is 0 Å². The lowest BCUT2D eigenvalue weighted by atomic mass is 10.2. The molecule has 0 saturated heterocycles. The molecule has 1 amide bonds. The van der Waals surface area contributed by atoms with Crippen molar-refractivity contribution in [1.29, 1.82) is 0 Å². The third-order valence-corrected chi connectivity index (χ3v) is 4.36. The summed E-state index contributed by atoms with van der Waals surface area (Å²) in [6.45, 7) is 2.99. The van der Waals surface area contributed by atoms with Crippen LogP contribution in [0, 0.1) is 0 Å². The molecule has 0 atom stereocenters. The summed E-state index contributed by atoms with van der Waals surface area (Å²) >= 11 is 0. The van der Waals surface area contributed by atoms with E-state index in [1.54, 1.807) is 41.3 Å². The van der Waals surface area contributed by atoms with Crippen LogP contribution in [0.2, 0.25) is 0 Å². The number of rotatable bonds is 7. The Morgan fingerprint density at radius 3 is 2.34 bits per heavy atom. The van der Waals surface area contributed by atoms with Crippen LogP contribution in [0.25, 0.3) is 0 Å². The zero-order valence-corrected chi connectivity index (χ0v) is 16.3. The van der Waals surface area contributed by atoms with Gasteiger partial charge in [-0.25, -0.2) is 4.79 Å². The van der Waals surface area contributed by atoms with Crippen LogP contribution in [-0.2, 0) is 11.3 Å². The predicted molar refractivity (Wildman–Crippen MR) is 110 cm³/mol. The first-order valence-corrected chi connectivity index (χ1v) is 9.23. The predicted octanol–water partition coefficient (Wildman–Crippen LogP) is 3.67. The molecule has 148 valence electrons. The number of amides is 1. The van der Waals surface area contributed by atoms with Crippen molar-refractivity contribution in [2.75, 3.05) is 19.0 Å². The first-order chi connectivity index (χ1) is 14.1. The molecule has 0 spiro atoms. The van der Waals surface area contributed by atoms with Crippen LogP contribution in [0.3, 0.4) is 0 Å². The number of anilines is 2. The van der Waals surface area contributed by atoms with E-state index in [9.17, 15) is 9.59 Å². The summed E-state index contributed by atoms with van der Waals surface area (Å²) in [6.07, 6.45) is 0. The van der Waals surface area contributed by atoms with Crippen molar-refractivity contribution in [3.8, 4) is 0 Å². The lowest BCUT2D eigenvalue weighted by Crippen LogP contribution is -2.31. The molecule has 7 heteroatoms. The molecule has 7 nitrogen and oxygen atoms in total. The van der Waals surface area contributed by atoms with Crippen LogP contribution in [0.5, 0.6) is 0 Å². The van der Waals surface area contributed by atoms with E-state index in [4.69, 9.17) is 4.74 Å². The van der Waals surface area contributed by atoms with E-state index in [1.807, 2.05) is 37.3 Å². The number of hydrogen-bond donors (Lipinski definition) is 1. The Kier molecular flexibility index (Phi) is 6.52.